The molecule has 0 fully saturated rings. The molecule has 0 aliphatic heterocycles. The summed E-state index contributed by atoms with van der Waals surface area (Å²) in [6, 6.07) is 5.20. The smallest absolute Gasteiger partial charge is 0.147 e. The van der Waals surface area contributed by atoms with Crippen LogP contribution < -0.4 is 5.32 Å². The second kappa shape index (κ2) is 7.58. The summed E-state index contributed by atoms with van der Waals surface area (Å²) in [5.74, 6) is -0.277. The number of nitrogens with one attached hydrogen (secondary N) is 1. The van der Waals surface area contributed by atoms with Gasteiger partial charge < -0.3 is 15.0 Å². The van der Waals surface area contributed by atoms with Crippen LogP contribution in [0, 0.1) is 19.7 Å². The predicted molar refractivity (Wildman–Crippen MR) is 92.9 cm³/mol. The Balaban J connectivity index is 1.64. The Morgan fingerprint density at radius 2 is 2.08 bits per heavy atom. The number of aromatic nitrogens is 4. The fourth-order valence-electron chi connectivity index (χ4n) is 2.91. The third-order valence-electron chi connectivity index (χ3n) is 4.27. The molecule has 3 aromatic rings. The molecule has 0 saturated carbocycles. The first kappa shape index (κ1) is 17.3. The van der Waals surface area contributed by atoms with E-state index in [1.165, 1.54) is 6.07 Å². The SMILES string of the molecule is Cc1nn(CCO)c(C)c1CNCc1ccc(-n2ccnc2)c(F)c1. The number of nitrogens with zero attached hydrogens (tertiary/aromatic N) is 4. The van der Waals surface area contributed by atoms with Crippen LogP contribution in [-0.2, 0) is 19.6 Å². The molecule has 0 spiro atoms. The van der Waals surface area contributed by atoms with Crippen molar-refractivity contribution in [3.05, 3.63) is 65.3 Å². The van der Waals surface area contributed by atoms with E-state index in [0.717, 1.165) is 22.5 Å². The van der Waals surface area contributed by atoms with Gasteiger partial charge in [-0.05, 0) is 31.5 Å². The molecule has 3 rings (SSSR count). The second-order valence-corrected chi connectivity index (χ2v) is 5.96. The van der Waals surface area contributed by atoms with Gasteiger partial charge in [0.1, 0.15) is 5.82 Å². The molecule has 132 valence electrons. The van der Waals surface area contributed by atoms with Crippen LogP contribution in [0.4, 0.5) is 4.39 Å². The first-order valence-corrected chi connectivity index (χ1v) is 8.21. The van der Waals surface area contributed by atoms with E-state index in [9.17, 15) is 4.39 Å². The summed E-state index contributed by atoms with van der Waals surface area (Å²) >= 11 is 0. The zero-order valence-electron chi connectivity index (χ0n) is 14.4. The van der Waals surface area contributed by atoms with Crippen molar-refractivity contribution in [2.75, 3.05) is 6.61 Å². The van der Waals surface area contributed by atoms with Crippen molar-refractivity contribution < 1.29 is 9.50 Å². The van der Waals surface area contributed by atoms with Gasteiger partial charge in [-0.15, -0.1) is 0 Å². The van der Waals surface area contributed by atoms with Crippen LogP contribution in [-0.4, -0.2) is 31.0 Å². The van der Waals surface area contributed by atoms with Crippen molar-refractivity contribution in [2.24, 2.45) is 0 Å². The summed E-state index contributed by atoms with van der Waals surface area (Å²) in [5.41, 5.74) is 4.46. The van der Waals surface area contributed by atoms with Crippen molar-refractivity contribution in [3.63, 3.8) is 0 Å². The summed E-state index contributed by atoms with van der Waals surface area (Å²) in [6.45, 7) is 5.72. The number of aryl methyl sites for hydroxylation is 1. The van der Waals surface area contributed by atoms with Gasteiger partial charge >= 0.3 is 0 Å². The minimum Gasteiger partial charge on any atom is -0.394 e. The Bertz CT molecular complexity index is 842. The summed E-state index contributed by atoms with van der Waals surface area (Å²) in [6.07, 6.45) is 4.91. The first-order valence-electron chi connectivity index (χ1n) is 8.21. The predicted octanol–water partition coefficient (Wildman–Crippen LogP) is 2.11. The highest BCUT2D eigenvalue weighted by Gasteiger charge is 2.11. The Labute approximate surface area is 145 Å². The number of rotatable bonds is 7. The van der Waals surface area contributed by atoms with Gasteiger partial charge in [0.25, 0.3) is 0 Å². The fourth-order valence-corrected chi connectivity index (χ4v) is 2.91. The quantitative estimate of drug-likeness (QED) is 0.689. The molecule has 2 heterocycles. The summed E-state index contributed by atoms with van der Waals surface area (Å²) in [4.78, 5) is 3.94. The van der Waals surface area contributed by atoms with Crippen LogP contribution in [0.1, 0.15) is 22.5 Å². The molecule has 0 unspecified atom stereocenters. The fraction of sp³-hybridized carbons (Fsp3) is 0.333. The van der Waals surface area contributed by atoms with Gasteiger partial charge in [0, 0.05) is 36.7 Å². The largest absolute Gasteiger partial charge is 0.394 e. The minimum atomic E-state index is -0.277. The van der Waals surface area contributed by atoms with E-state index in [-0.39, 0.29) is 12.4 Å². The molecule has 25 heavy (non-hydrogen) atoms. The van der Waals surface area contributed by atoms with Crippen molar-refractivity contribution >= 4 is 0 Å². The average Bonchev–Trinajstić information content (AvgIpc) is 3.19. The van der Waals surface area contributed by atoms with Crippen LogP contribution in [0.15, 0.2) is 36.9 Å². The number of imidazole rings is 1. The number of halogens is 1. The van der Waals surface area contributed by atoms with Gasteiger partial charge in [-0.25, -0.2) is 9.37 Å². The van der Waals surface area contributed by atoms with E-state index in [1.807, 2.05) is 24.6 Å². The summed E-state index contributed by atoms with van der Waals surface area (Å²) in [7, 11) is 0. The van der Waals surface area contributed by atoms with Crippen LogP contribution >= 0.6 is 0 Å². The number of aliphatic hydroxyl groups is 1. The molecule has 0 amide bonds. The lowest BCUT2D eigenvalue weighted by molar-refractivity contribution is 0.267. The standard InChI is InChI=1S/C18H22FN5O/c1-13-16(14(2)24(22-13)7-8-25)11-21-10-15-3-4-18(17(19)9-15)23-6-5-20-12-23/h3-6,9,12,21,25H,7-8,10-11H2,1-2H3. The van der Waals surface area contributed by atoms with Crippen LogP contribution in [0.5, 0.6) is 0 Å². The molecule has 1 aromatic carbocycles. The highest BCUT2D eigenvalue weighted by Crippen LogP contribution is 2.16. The molecule has 2 aromatic heterocycles. The summed E-state index contributed by atoms with van der Waals surface area (Å²) < 4.78 is 17.7. The zero-order chi connectivity index (χ0) is 17.8. The number of aliphatic hydroxyl groups excluding tert-OH is 1. The van der Waals surface area contributed by atoms with Crippen molar-refractivity contribution in [3.8, 4) is 5.69 Å². The highest BCUT2D eigenvalue weighted by molar-refractivity contribution is 5.36. The zero-order valence-corrected chi connectivity index (χ0v) is 14.4. The van der Waals surface area contributed by atoms with Crippen molar-refractivity contribution in [1.29, 1.82) is 0 Å². The third-order valence-corrected chi connectivity index (χ3v) is 4.27. The third kappa shape index (κ3) is 3.78. The van der Waals surface area contributed by atoms with E-state index in [1.54, 1.807) is 29.4 Å². The number of hydrogen-bond acceptors (Lipinski definition) is 4. The van der Waals surface area contributed by atoms with Crippen LogP contribution in [0.25, 0.3) is 5.69 Å². The molecule has 0 aliphatic carbocycles. The molecule has 7 heteroatoms. The molecular weight excluding hydrogens is 321 g/mol. The van der Waals surface area contributed by atoms with E-state index in [2.05, 4.69) is 15.4 Å². The lowest BCUT2D eigenvalue weighted by atomic mass is 10.1. The van der Waals surface area contributed by atoms with Gasteiger partial charge in [-0.3, -0.25) is 4.68 Å². The van der Waals surface area contributed by atoms with Gasteiger partial charge in [0.15, 0.2) is 0 Å². The maximum atomic E-state index is 14.3. The van der Waals surface area contributed by atoms with E-state index in [4.69, 9.17) is 5.11 Å². The first-order chi connectivity index (χ1) is 12.1. The average molecular weight is 343 g/mol. The monoisotopic (exact) mass is 343 g/mol. The topological polar surface area (TPSA) is 67.9 Å². The maximum Gasteiger partial charge on any atom is 0.147 e. The second-order valence-electron chi connectivity index (χ2n) is 5.96. The number of hydrogen-bond donors (Lipinski definition) is 2. The lowest BCUT2D eigenvalue weighted by Crippen LogP contribution is -2.14. The van der Waals surface area contributed by atoms with Crippen molar-refractivity contribution in [1.82, 2.24) is 24.6 Å². The molecule has 0 bridgehead atoms. The number of benzene rings is 1. The Morgan fingerprint density at radius 1 is 1.24 bits per heavy atom. The van der Waals surface area contributed by atoms with Crippen LogP contribution in [0.2, 0.25) is 0 Å². The Hall–Kier alpha value is -2.51. The Morgan fingerprint density at radius 3 is 2.76 bits per heavy atom. The van der Waals surface area contributed by atoms with Gasteiger partial charge in [-0.1, -0.05) is 6.07 Å². The normalized spacial score (nSPS) is 11.2. The van der Waals surface area contributed by atoms with E-state index >= 15 is 0 Å². The Kier molecular flexibility index (Phi) is 5.25. The van der Waals surface area contributed by atoms with Crippen LogP contribution in [0.3, 0.4) is 0 Å². The minimum absolute atomic E-state index is 0.0668. The molecule has 2 N–H and O–H groups in total. The molecule has 0 aliphatic rings. The van der Waals surface area contributed by atoms with Gasteiger partial charge in [0.05, 0.1) is 30.9 Å². The van der Waals surface area contributed by atoms with Gasteiger partial charge in [0.2, 0.25) is 0 Å². The lowest BCUT2D eigenvalue weighted by Gasteiger charge is -2.09. The van der Waals surface area contributed by atoms with E-state index < -0.39 is 0 Å². The molecule has 6 nitrogen and oxygen atoms in total. The molecule has 0 saturated heterocycles. The molecular formula is C18H22FN5O. The highest BCUT2D eigenvalue weighted by atomic mass is 19.1. The summed E-state index contributed by atoms with van der Waals surface area (Å²) in [5, 5.41) is 16.8. The molecule has 0 atom stereocenters. The van der Waals surface area contributed by atoms with Gasteiger partial charge in [-0.2, -0.15) is 5.10 Å². The molecule has 0 radical (unpaired) electrons. The van der Waals surface area contributed by atoms with Crippen molar-refractivity contribution in [2.45, 2.75) is 33.5 Å². The maximum absolute atomic E-state index is 14.3. The van der Waals surface area contributed by atoms with E-state index in [0.29, 0.717) is 25.3 Å².